The molecule has 0 saturated carbocycles. The van der Waals surface area contributed by atoms with Crippen LogP contribution in [0, 0.1) is 6.92 Å². The zero-order valence-corrected chi connectivity index (χ0v) is 13.0. The van der Waals surface area contributed by atoms with Crippen molar-refractivity contribution in [2.24, 2.45) is 0 Å². The predicted molar refractivity (Wildman–Crippen MR) is 83.4 cm³/mol. The van der Waals surface area contributed by atoms with Crippen LogP contribution in [0.25, 0.3) is 4.96 Å². The highest BCUT2D eigenvalue weighted by atomic mass is 32.1. The Morgan fingerprint density at radius 3 is 3.09 bits per heavy atom. The van der Waals surface area contributed by atoms with Crippen LogP contribution in [0.15, 0.2) is 39.2 Å². The standard InChI is InChI=1S/C15H15N3O3S/c1-9(6-11-4-3-5-21-11)17-13(19)12-7-16-15-18(14(12)20)10(2)8-22-15/h3-5,7-9H,6H2,1-2H3,(H,17,19)/t9-/m0/s1. The number of nitrogens with one attached hydrogen (secondary N) is 1. The number of thiazole rings is 1. The van der Waals surface area contributed by atoms with E-state index in [0.29, 0.717) is 11.4 Å². The molecule has 1 amide bonds. The first-order valence-corrected chi connectivity index (χ1v) is 7.73. The molecule has 0 radical (unpaired) electrons. The molecule has 0 bridgehead atoms. The first kappa shape index (κ1) is 14.5. The summed E-state index contributed by atoms with van der Waals surface area (Å²) in [5.74, 6) is 0.364. The summed E-state index contributed by atoms with van der Waals surface area (Å²) in [5.41, 5.74) is 0.479. The molecule has 0 unspecified atom stereocenters. The van der Waals surface area contributed by atoms with Gasteiger partial charge in [-0.1, -0.05) is 0 Å². The minimum Gasteiger partial charge on any atom is -0.469 e. The molecule has 0 aliphatic carbocycles. The molecule has 0 aromatic carbocycles. The lowest BCUT2D eigenvalue weighted by Crippen LogP contribution is -2.37. The molecule has 0 fully saturated rings. The zero-order valence-electron chi connectivity index (χ0n) is 12.2. The lowest BCUT2D eigenvalue weighted by Gasteiger charge is -2.12. The normalized spacial score (nSPS) is 12.5. The van der Waals surface area contributed by atoms with Crippen molar-refractivity contribution in [3.05, 3.63) is 57.3 Å². The number of amides is 1. The highest BCUT2D eigenvalue weighted by Gasteiger charge is 2.17. The molecule has 0 aliphatic rings. The second-order valence-electron chi connectivity index (χ2n) is 5.13. The van der Waals surface area contributed by atoms with Gasteiger partial charge in [-0.2, -0.15) is 0 Å². The molecule has 1 atom stereocenters. The van der Waals surface area contributed by atoms with E-state index in [1.54, 1.807) is 12.3 Å². The number of fused-ring (bicyclic) bond motifs is 1. The van der Waals surface area contributed by atoms with E-state index >= 15 is 0 Å². The lowest BCUT2D eigenvalue weighted by atomic mass is 10.2. The third-order valence-electron chi connectivity index (χ3n) is 3.33. The first-order chi connectivity index (χ1) is 10.6. The molecule has 7 heteroatoms. The zero-order chi connectivity index (χ0) is 15.7. The summed E-state index contributed by atoms with van der Waals surface area (Å²) in [5, 5.41) is 4.64. The van der Waals surface area contributed by atoms with Gasteiger partial charge >= 0.3 is 0 Å². The molecule has 3 aromatic rings. The van der Waals surface area contributed by atoms with Gasteiger partial charge in [0.15, 0.2) is 4.96 Å². The van der Waals surface area contributed by atoms with Crippen molar-refractivity contribution in [2.75, 3.05) is 0 Å². The Morgan fingerprint density at radius 1 is 1.55 bits per heavy atom. The molecule has 22 heavy (non-hydrogen) atoms. The Hall–Kier alpha value is -2.41. The summed E-state index contributed by atoms with van der Waals surface area (Å²) in [6.45, 7) is 3.67. The molecule has 0 spiro atoms. The summed E-state index contributed by atoms with van der Waals surface area (Å²) < 4.78 is 6.71. The maximum absolute atomic E-state index is 12.4. The first-order valence-electron chi connectivity index (χ1n) is 6.85. The summed E-state index contributed by atoms with van der Waals surface area (Å²) in [6.07, 6.45) is 3.49. The van der Waals surface area contributed by atoms with Crippen LogP contribution in [0.2, 0.25) is 0 Å². The topological polar surface area (TPSA) is 76.6 Å². The van der Waals surface area contributed by atoms with Crippen molar-refractivity contribution in [1.82, 2.24) is 14.7 Å². The van der Waals surface area contributed by atoms with Crippen molar-refractivity contribution in [2.45, 2.75) is 26.3 Å². The van der Waals surface area contributed by atoms with Gasteiger partial charge < -0.3 is 9.73 Å². The third kappa shape index (κ3) is 2.67. The molecule has 1 N–H and O–H groups in total. The van der Waals surface area contributed by atoms with E-state index in [4.69, 9.17) is 4.42 Å². The van der Waals surface area contributed by atoms with Crippen LogP contribution in [0.5, 0.6) is 0 Å². The molecule has 0 saturated heterocycles. The van der Waals surface area contributed by atoms with Gasteiger partial charge in [0.1, 0.15) is 11.3 Å². The van der Waals surface area contributed by atoms with E-state index in [1.165, 1.54) is 21.9 Å². The van der Waals surface area contributed by atoms with E-state index < -0.39 is 5.91 Å². The van der Waals surface area contributed by atoms with Gasteiger partial charge in [-0.05, 0) is 26.0 Å². The molecule has 3 rings (SSSR count). The fourth-order valence-corrected chi connectivity index (χ4v) is 3.09. The Labute approximate surface area is 130 Å². The van der Waals surface area contributed by atoms with Gasteiger partial charge in [0.25, 0.3) is 11.5 Å². The average Bonchev–Trinajstić information content (AvgIpc) is 3.09. The maximum Gasteiger partial charge on any atom is 0.271 e. The maximum atomic E-state index is 12.4. The van der Waals surface area contributed by atoms with Gasteiger partial charge in [-0.25, -0.2) is 4.98 Å². The second-order valence-corrected chi connectivity index (χ2v) is 5.97. The molecular formula is C15H15N3O3S. The average molecular weight is 317 g/mol. The second kappa shape index (κ2) is 5.76. The van der Waals surface area contributed by atoms with Crippen LogP contribution < -0.4 is 10.9 Å². The largest absolute Gasteiger partial charge is 0.469 e. The quantitative estimate of drug-likeness (QED) is 0.798. The number of carbonyl (C=O) groups excluding carboxylic acids is 1. The molecule has 3 heterocycles. The Balaban J connectivity index is 1.81. The summed E-state index contributed by atoms with van der Waals surface area (Å²) >= 11 is 1.37. The molecule has 3 aromatic heterocycles. The van der Waals surface area contributed by atoms with E-state index in [2.05, 4.69) is 10.3 Å². The number of aryl methyl sites for hydroxylation is 1. The predicted octanol–water partition coefficient (Wildman–Crippen LogP) is 2.02. The lowest BCUT2D eigenvalue weighted by molar-refractivity contribution is 0.0937. The summed E-state index contributed by atoms with van der Waals surface area (Å²) in [6, 6.07) is 3.50. The number of carbonyl (C=O) groups is 1. The smallest absolute Gasteiger partial charge is 0.271 e. The van der Waals surface area contributed by atoms with E-state index in [9.17, 15) is 9.59 Å². The number of rotatable bonds is 4. The van der Waals surface area contributed by atoms with Crippen LogP contribution in [-0.2, 0) is 6.42 Å². The van der Waals surface area contributed by atoms with Crippen LogP contribution in [-0.4, -0.2) is 21.3 Å². The SMILES string of the molecule is Cc1csc2ncc(C(=O)N[C@@H](C)Cc3ccco3)c(=O)n12. The molecule has 6 nitrogen and oxygen atoms in total. The highest BCUT2D eigenvalue weighted by Crippen LogP contribution is 2.11. The Kier molecular flexibility index (Phi) is 3.81. The van der Waals surface area contributed by atoms with Crippen molar-refractivity contribution in [3.8, 4) is 0 Å². The number of hydrogen-bond acceptors (Lipinski definition) is 5. The van der Waals surface area contributed by atoms with Gasteiger partial charge in [-0.15, -0.1) is 11.3 Å². The number of aromatic nitrogens is 2. The van der Waals surface area contributed by atoms with E-state index in [1.807, 2.05) is 25.3 Å². The molecule has 114 valence electrons. The fraction of sp³-hybridized carbons (Fsp3) is 0.267. The van der Waals surface area contributed by atoms with Crippen LogP contribution in [0.1, 0.15) is 28.7 Å². The van der Waals surface area contributed by atoms with Crippen LogP contribution in [0.3, 0.4) is 0 Å². The van der Waals surface area contributed by atoms with E-state index in [0.717, 1.165) is 11.5 Å². The van der Waals surface area contributed by atoms with Crippen molar-refractivity contribution < 1.29 is 9.21 Å². The van der Waals surface area contributed by atoms with E-state index in [-0.39, 0.29) is 17.2 Å². The minimum atomic E-state index is -0.420. The van der Waals surface area contributed by atoms with Crippen LogP contribution >= 0.6 is 11.3 Å². The van der Waals surface area contributed by atoms with Crippen molar-refractivity contribution >= 4 is 22.2 Å². The number of furan rings is 1. The summed E-state index contributed by atoms with van der Waals surface area (Å²) in [4.78, 5) is 29.4. The number of hydrogen-bond donors (Lipinski definition) is 1. The minimum absolute atomic E-state index is 0.0466. The molecular weight excluding hydrogens is 302 g/mol. The number of nitrogens with zero attached hydrogens (tertiary/aromatic N) is 2. The van der Waals surface area contributed by atoms with Crippen molar-refractivity contribution in [1.29, 1.82) is 0 Å². The molecule has 0 aliphatic heterocycles. The van der Waals surface area contributed by atoms with Gasteiger partial charge in [-0.3, -0.25) is 14.0 Å². The Bertz CT molecular complexity index is 864. The van der Waals surface area contributed by atoms with Gasteiger partial charge in [0.05, 0.1) is 6.26 Å². The third-order valence-corrected chi connectivity index (χ3v) is 4.28. The summed E-state index contributed by atoms with van der Waals surface area (Å²) in [7, 11) is 0. The Morgan fingerprint density at radius 2 is 2.36 bits per heavy atom. The van der Waals surface area contributed by atoms with Crippen molar-refractivity contribution in [3.63, 3.8) is 0 Å². The highest BCUT2D eigenvalue weighted by molar-refractivity contribution is 7.15. The fourth-order valence-electron chi connectivity index (χ4n) is 2.26. The monoisotopic (exact) mass is 317 g/mol. The van der Waals surface area contributed by atoms with Gasteiger partial charge in [0.2, 0.25) is 0 Å². The van der Waals surface area contributed by atoms with Crippen LogP contribution in [0.4, 0.5) is 0 Å². The van der Waals surface area contributed by atoms with Gasteiger partial charge in [0, 0.05) is 29.7 Å².